The molecule has 1 fully saturated rings. The molecular weight excluding hydrogens is 230 g/mol. The first-order valence-electron chi connectivity index (χ1n) is 6.64. The van der Waals surface area contributed by atoms with Crippen molar-refractivity contribution in [1.29, 1.82) is 0 Å². The number of anilines is 1. The maximum absolute atomic E-state index is 6.09. The van der Waals surface area contributed by atoms with E-state index in [1.165, 1.54) is 49.0 Å². The fourth-order valence-corrected chi connectivity index (χ4v) is 2.95. The topological polar surface area (TPSA) is 3.24 Å². The molecule has 1 heterocycles. The second kappa shape index (κ2) is 5.77. The van der Waals surface area contributed by atoms with Crippen LogP contribution < -0.4 is 4.90 Å². The molecule has 1 atom stereocenters. The molecule has 1 saturated heterocycles. The van der Waals surface area contributed by atoms with E-state index in [2.05, 4.69) is 36.9 Å². The Hall–Kier alpha value is -0.690. The predicted molar refractivity (Wildman–Crippen MR) is 76.0 cm³/mol. The van der Waals surface area contributed by atoms with Gasteiger partial charge in [0.05, 0.1) is 0 Å². The zero-order chi connectivity index (χ0) is 12.3. The summed E-state index contributed by atoms with van der Waals surface area (Å²) in [7, 11) is 0. The molecule has 1 unspecified atom stereocenters. The van der Waals surface area contributed by atoms with Crippen LogP contribution in [0.1, 0.15) is 43.7 Å². The molecule has 0 bridgehead atoms. The van der Waals surface area contributed by atoms with Crippen molar-refractivity contribution < 1.29 is 0 Å². The molecular formula is C15H22ClN. The summed E-state index contributed by atoms with van der Waals surface area (Å²) in [6.45, 7) is 5.64. The van der Waals surface area contributed by atoms with Crippen molar-refractivity contribution in [3.63, 3.8) is 0 Å². The Morgan fingerprint density at radius 2 is 2.12 bits per heavy atom. The highest BCUT2D eigenvalue weighted by Crippen LogP contribution is 2.29. The second-order valence-corrected chi connectivity index (χ2v) is 5.42. The molecule has 2 heteroatoms. The number of aryl methyl sites for hydroxylation is 1. The van der Waals surface area contributed by atoms with E-state index in [4.69, 9.17) is 11.6 Å². The van der Waals surface area contributed by atoms with Gasteiger partial charge in [0.25, 0.3) is 0 Å². The van der Waals surface area contributed by atoms with E-state index in [1.807, 2.05) is 0 Å². The largest absolute Gasteiger partial charge is 0.369 e. The van der Waals surface area contributed by atoms with Crippen molar-refractivity contribution >= 4 is 17.3 Å². The molecule has 0 radical (unpaired) electrons. The minimum Gasteiger partial charge on any atom is -0.369 e. The van der Waals surface area contributed by atoms with Crippen LogP contribution in [0.15, 0.2) is 18.2 Å². The third kappa shape index (κ3) is 2.95. The van der Waals surface area contributed by atoms with Crippen molar-refractivity contribution in [2.75, 3.05) is 11.4 Å². The van der Waals surface area contributed by atoms with Gasteiger partial charge in [-0.3, -0.25) is 0 Å². The molecule has 0 N–H and O–H groups in total. The van der Waals surface area contributed by atoms with Gasteiger partial charge in [-0.2, -0.15) is 0 Å². The molecule has 94 valence electrons. The molecule has 1 aromatic carbocycles. The third-order valence-corrected chi connectivity index (χ3v) is 4.03. The number of nitrogens with zero attached hydrogens (tertiary/aromatic N) is 1. The predicted octanol–water partition coefficient (Wildman–Crippen LogP) is 4.50. The Balaban J connectivity index is 2.30. The van der Waals surface area contributed by atoms with E-state index in [-0.39, 0.29) is 0 Å². The van der Waals surface area contributed by atoms with Crippen LogP contribution in [-0.4, -0.2) is 12.6 Å². The monoisotopic (exact) mass is 251 g/mol. The Morgan fingerprint density at radius 3 is 2.88 bits per heavy atom. The van der Waals surface area contributed by atoms with E-state index >= 15 is 0 Å². The Labute approximate surface area is 110 Å². The molecule has 2 rings (SSSR count). The average Bonchev–Trinajstić information content (AvgIpc) is 2.54. The lowest BCUT2D eigenvalue weighted by Gasteiger charge is -2.31. The number of halogens is 1. The number of hydrogen-bond acceptors (Lipinski definition) is 1. The summed E-state index contributed by atoms with van der Waals surface area (Å²) in [6, 6.07) is 7.31. The Bertz CT molecular complexity index is 375. The number of alkyl halides is 1. The fourth-order valence-electron chi connectivity index (χ4n) is 2.73. The highest BCUT2D eigenvalue weighted by Gasteiger charge is 2.19. The average molecular weight is 252 g/mol. The first-order valence-corrected chi connectivity index (χ1v) is 7.18. The molecule has 1 aliphatic heterocycles. The lowest BCUT2D eigenvalue weighted by molar-refractivity contribution is 0.615. The van der Waals surface area contributed by atoms with E-state index in [9.17, 15) is 0 Å². The third-order valence-electron chi connectivity index (χ3n) is 3.74. The van der Waals surface area contributed by atoms with Crippen LogP contribution in [0.25, 0.3) is 0 Å². The van der Waals surface area contributed by atoms with E-state index < -0.39 is 0 Å². The van der Waals surface area contributed by atoms with Crippen LogP contribution in [-0.2, 0) is 5.88 Å². The molecule has 0 amide bonds. The SMILES string of the molecule is Cc1ccc(N2CCCCCC2C)c(CCl)c1. The lowest BCUT2D eigenvalue weighted by atomic mass is 10.1. The van der Waals surface area contributed by atoms with E-state index in [1.54, 1.807) is 0 Å². The normalized spacial score (nSPS) is 21.4. The summed E-state index contributed by atoms with van der Waals surface area (Å²) in [6.07, 6.45) is 5.33. The zero-order valence-corrected chi connectivity index (χ0v) is 11.6. The Morgan fingerprint density at radius 1 is 1.29 bits per heavy atom. The first kappa shape index (κ1) is 12.8. The van der Waals surface area contributed by atoms with Gasteiger partial charge in [-0.05, 0) is 38.3 Å². The molecule has 0 saturated carbocycles. The Kier molecular flexibility index (Phi) is 4.33. The van der Waals surface area contributed by atoms with Crippen molar-refractivity contribution in [1.82, 2.24) is 0 Å². The summed E-state index contributed by atoms with van der Waals surface area (Å²) < 4.78 is 0. The standard InChI is InChI=1S/C15H22ClN/c1-12-7-8-15(14(10-12)11-16)17-9-5-3-4-6-13(17)2/h7-8,10,13H,3-6,9,11H2,1-2H3. The van der Waals surface area contributed by atoms with Crippen LogP contribution in [0.4, 0.5) is 5.69 Å². The van der Waals surface area contributed by atoms with Gasteiger partial charge in [-0.15, -0.1) is 11.6 Å². The van der Waals surface area contributed by atoms with Gasteiger partial charge in [-0.25, -0.2) is 0 Å². The molecule has 1 aliphatic rings. The number of hydrogen-bond donors (Lipinski definition) is 0. The van der Waals surface area contributed by atoms with Crippen LogP contribution >= 0.6 is 11.6 Å². The van der Waals surface area contributed by atoms with Crippen molar-refractivity contribution in [3.8, 4) is 0 Å². The highest BCUT2D eigenvalue weighted by molar-refractivity contribution is 6.17. The summed E-state index contributed by atoms with van der Waals surface area (Å²) in [4.78, 5) is 2.55. The van der Waals surface area contributed by atoms with Crippen molar-refractivity contribution in [2.45, 2.75) is 51.5 Å². The smallest absolute Gasteiger partial charge is 0.0494 e. The summed E-state index contributed by atoms with van der Waals surface area (Å²) in [5.74, 6) is 0.611. The van der Waals surface area contributed by atoms with Crippen LogP contribution in [0, 0.1) is 6.92 Å². The van der Waals surface area contributed by atoms with E-state index in [0.29, 0.717) is 11.9 Å². The van der Waals surface area contributed by atoms with Gasteiger partial charge >= 0.3 is 0 Å². The maximum Gasteiger partial charge on any atom is 0.0494 e. The molecule has 17 heavy (non-hydrogen) atoms. The minimum absolute atomic E-state index is 0.611. The van der Waals surface area contributed by atoms with Crippen LogP contribution in [0.5, 0.6) is 0 Å². The number of benzene rings is 1. The minimum atomic E-state index is 0.611. The van der Waals surface area contributed by atoms with Crippen LogP contribution in [0.3, 0.4) is 0 Å². The lowest BCUT2D eigenvalue weighted by Crippen LogP contribution is -2.33. The molecule has 1 aromatic rings. The van der Waals surface area contributed by atoms with Gasteiger partial charge in [0.1, 0.15) is 0 Å². The van der Waals surface area contributed by atoms with Gasteiger partial charge in [0.2, 0.25) is 0 Å². The molecule has 0 aromatic heterocycles. The zero-order valence-electron chi connectivity index (χ0n) is 10.9. The van der Waals surface area contributed by atoms with Gasteiger partial charge in [0, 0.05) is 24.2 Å². The fraction of sp³-hybridized carbons (Fsp3) is 0.600. The van der Waals surface area contributed by atoms with Gasteiger partial charge < -0.3 is 4.90 Å². The molecule has 0 spiro atoms. The highest BCUT2D eigenvalue weighted by atomic mass is 35.5. The summed E-state index contributed by atoms with van der Waals surface area (Å²) in [5.41, 5.74) is 3.92. The van der Waals surface area contributed by atoms with Gasteiger partial charge in [-0.1, -0.05) is 30.5 Å². The van der Waals surface area contributed by atoms with Gasteiger partial charge in [0.15, 0.2) is 0 Å². The van der Waals surface area contributed by atoms with Crippen LogP contribution in [0.2, 0.25) is 0 Å². The van der Waals surface area contributed by atoms with Crippen molar-refractivity contribution in [3.05, 3.63) is 29.3 Å². The quantitative estimate of drug-likeness (QED) is 0.700. The maximum atomic E-state index is 6.09. The first-order chi connectivity index (χ1) is 8.22. The van der Waals surface area contributed by atoms with Crippen molar-refractivity contribution in [2.24, 2.45) is 0 Å². The summed E-state index contributed by atoms with van der Waals surface area (Å²) >= 11 is 6.09. The number of rotatable bonds is 2. The summed E-state index contributed by atoms with van der Waals surface area (Å²) in [5, 5.41) is 0. The second-order valence-electron chi connectivity index (χ2n) is 5.16. The van der Waals surface area contributed by atoms with E-state index in [0.717, 1.165) is 0 Å². The molecule has 0 aliphatic carbocycles. The molecule has 1 nitrogen and oxygen atoms in total.